The molecule has 3 N–H and O–H groups in total. The van der Waals surface area contributed by atoms with Crippen molar-refractivity contribution in [3.8, 4) is 5.75 Å². The summed E-state index contributed by atoms with van der Waals surface area (Å²) in [4.78, 5) is 0.187. The van der Waals surface area contributed by atoms with Gasteiger partial charge in [-0.15, -0.1) is 0 Å². The molecule has 142 valence electrons. The number of sulfone groups is 1. The maximum atomic E-state index is 11.5. The smallest absolute Gasteiger partial charge is 0.175 e. The van der Waals surface area contributed by atoms with E-state index >= 15 is 0 Å². The molecular formula is C19H25NO5S. The standard InChI is InChI=1S/C19H25NO5S/c1-14(13-25-16-6-4-3-5-7-16)20-18(12-21)19(22)15-8-10-17(11-9-15)26(2,23)24/h3-11,14,18-22H,12-13H2,1-2H3/t14?,18-,19-/m0/s1. The molecule has 6 nitrogen and oxygen atoms in total. The SMILES string of the molecule is CC(COc1ccccc1)N[C@@H](CO)[C@@H](O)c1ccc(S(C)(=O)=O)cc1. The highest BCUT2D eigenvalue weighted by Gasteiger charge is 2.22. The maximum absolute atomic E-state index is 11.5. The van der Waals surface area contributed by atoms with Crippen LogP contribution < -0.4 is 10.1 Å². The fourth-order valence-electron chi connectivity index (χ4n) is 2.54. The summed E-state index contributed by atoms with van der Waals surface area (Å²) >= 11 is 0. The predicted molar refractivity (Wildman–Crippen MR) is 99.9 cm³/mol. The molecule has 0 aromatic heterocycles. The highest BCUT2D eigenvalue weighted by Crippen LogP contribution is 2.20. The second-order valence-corrected chi connectivity index (χ2v) is 8.28. The van der Waals surface area contributed by atoms with E-state index in [1.807, 2.05) is 37.3 Å². The van der Waals surface area contributed by atoms with Crippen molar-refractivity contribution in [1.82, 2.24) is 5.32 Å². The molecule has 0 amide bonds. The molecule has 0 aliphatic rings. The van der Waals surface area contributed by atoms with Crippen molar-refractivity contribution in [3.63, 3.8) is 0 Å². The van der Waals surface area contributed by atoms with Crippen molar-refractivity contribution in [1.29, 1.82) is 0 Å². The van der Waals surface area contributed by atoms with Crippen LogP contribution in [0.5, 0.6) is 5.75 Å². The second kappa shape index (κ2) is 9.14. The number of para-hydroxylation sites is 1. The number of hydrogen-bond donors (Lipinski definition) is 3. The summed E-state index contributed by atoms with van der Waals surface area (Å²) < 4.78 is 28.7. The molecule has 7 heteroatoms. The Bertz CT molecular complexity index is 777. The topological polar surface area (TPSA) is 95.9 Å². The number of benzene rings is 2. The quantitative estimate of drug-likeness (QED) is 0.612. The molecule has 0 aliphatic heterocycles. The Kier molecular flexibility index (Phi) is 7.16. The van der Waals surface area contributed by atoms with E-state index in [9.17, 15) is 18.6 Å². The molecule has 2 rings (SSSR count). The normalized spacial score (nSPS) is 15.2. The van der Waals surface area contributed by atoms with Crippen molar-refractivity contribution in [2.75, 3.05) is 19.5 Å². The van der Waals surface area contributed by atoms with Gasteiger partial charge in [0.05, 0.1) is 23.6 Å². The molecular weight excluding hydrogens is 354 g/mol. The van der Waals surface area contributed by atoms with Gasteiger partial charge >= 0.3 is 0 Å². The molecule has 2 aromatic carbocycles. The summed E-state index contributed by atoms with van der Waals surface area (Å²) in [6.07, 6.45) is 0.151. The van der Waals surface area contributed by atoms with Gasteiger partial charge in [0.2, 0.25) is 0 Å². The Hall–Kier alpha value is -1.93. The van der Waals surface area contributed by atoms with Crippen molar-refractivity contribution < 1.29 is 23.4 Å². The van der Waals surface area contributed by atoms with Crippen LogP contribution in [0.2, 0.25) is 0 Å². The fourth-order valence-corrected chi connectivity index (χ4v) is 3.17. The first-order valence-corrected chi connectivity index (χ1v) is 10.2. The van der Waals surface area contributed by atoms with Crippen molar-refractivity contribution in [2.24, 2.45) is 0 Å². The summed E-state index contributed by atoms with van der Waals surface area (Å²) in [6.45, 7) is 2.00. The average Bonchev–Trinajstić information content (AvgIpc) is 2.64. The van der Waals surface area contributed by atoms with Gasteiger partial charge in [0.25, 0.3) is 0 Å². The number of nitrogens with one attached hydrogen (secondary N) is 1. The Morgan fingerprint density at radius 3 is 2.23 bits per heavy atom. The van der Waals surface area contributed by atoms with Crippen LogP contribution in [0.25, 0.3) is 0 Å². The van der Waals surface area contributed by atoms with Gasteiger partial charge in [0.15, 0.2) is 9.84 Å². The third kappa shape index (κ3) is 5.81. The Morgan fingerprint density at radius 1 is 1.08 bits per heavy atom. The molecule has 2 aromatic rings. The van der Waals surface area contributed by atoms with Crippen LogP contribution in [0.1, 0.15) is 18.6 Å². The monoisotopic (exact) mass is 379 g/mol. The third-order valence-electron chi connectivity index (χ3n) is 3.97. The van der Waals surface area contributed by atoms with E-state index in [0.717, 1.165) is 12.0 Å². The minimum atomic E-state index is -3.29. The van der Waals surface area contributed by atoms with Crippen molar-refractivity contribution in [2.45, 2.75) is 30.0 Å². The summed E-state index contributed by atoms with van der Waals surface area (Å²) in [5.74, 6) is 0.749. The van der Waals surface area contributed by atoms with Gasteiger partial charge in [-0.05, 0) is 36.8 Å². The minimum Gasteiger partial charge on any atom is -0.492 e. The van der Waals surface area contributed by atoms with E-state index in [1.54, 1.807) is 12.1 Å². The second-order valence-electron chi connectivity index (χ2n) is 6.27. The van der Waals surface area contributed by atoms with Gasteiger partial charge < -0.3 is 20.3 Å². The van der Waals surface area contributed by atoms with E-state index in [4.69, 9.17) is 4.74 Å². The maximum Gasteiger partial charge on any atom is 0.175 e. The minimum absolute atomic E-state index is 0.114. The lowest BCUT2D eigenvalue weighted by Gasteiger charge is -2.26. The zero-order chi connectivity index (χ0) is 19.2. The van der Waals surface area contributed by atoms with Gasteiger partial charge in [-0.2, -0.15) is 0 Å². The summed E-state index contributed by atoms with van der Waals surface area (Å²) in [5.41, 5.74) is 0.528. The van der Waals surface area contributed by atoms with Gasteiger partial charge in [0, 0.05) is 12.3 Å². The highest BCUT2D eigenvalue weighted by molar-refractivity contribution is 7.90. The lowest BCUT2D eigenvalue weighted by molar-refractivity contribution is 0.0797. The molecule has 0 bridgehead atoms. The molecule has 0 spiro atoms. The molecule has 0 heterocycles. The Morgan fingerprint density at radius 2 is 1.69 bits per heavy atom. The lowest BCUT2D eigenvalue weighted by Crippen LogP contribution is -2.45. The number of rotatable bonds is 9. The third-order valence-corrected chi connectivity index (χ3v) is 5.10. The first-order valence-electron chi connectivity index (χ1n) is 8.34. The molecule has 1 unspecified atom stereocenters. The number of aliphatic hydroxyl groups excluding tert-OH is 2. The Labute approximate surface area is 154 Å². The van der Waals surface area contributed by atoms with Crippen LogP contribution >= 0.6 is 0 Å². The van der Waals surface area contributed by atoms with Crippen LogP contribution in [0.4, 0.5) is 0 Å². The van der Waals surface area contributed by atoms with Crippen LogP contribution in [-0.4, -0.2) is 50.2 Å². The summed E-state index contributed by atoms with van der Waals surface area (Å²) in [6, 6.07) is 14.7. The number of hydrogen-bond acceptors (Lipinski definition) is 6. The largest absolute Gasteiger partial charge is 0.492 e. The van der Waals surface area contributed by atoms with E-state index < -0.39 is 22.0 Å². The molecule has 0 saturated heterocycles. The van der Waals surface area contributed by atoms with Crippen LogP contribution in [-0.2, 0) is 9.84 Å². The number of ether oxygens (including phenoxy) is 1. The lowest BCUT2D eigenvalue weighted by atomic mass is 10.0. The highest BCUT2D eigenvalue weighted by atomic mass is 32.2. The van der Waals surface area contributed by atoms with E-state index in [1.165, 1.54) is 12.1 Å². The first-order chi connectivity index (χ1) is 12.3. The Balaban J connectivity index is 1.96. The molecule has 3 atom stereocenters. The zero-order valence-electron chi connectivity index (χ0n) is 14.9. The van der Waals surface area contributed by atoms with Crippen LogP contribution in [0.3, 0.4) is 0 Å². The summed E-state index contributed by atoms with van der Waals surface area (Å²) in [5, 5.41) is 23.2. The molecule has 0 fully saturated rings. The van der Waals surface area contributed by atoms with Gasteiger partial charge in [-0.3, -0.25) is 0 Å². The van der Waals surface area contributed by atoms with Gasteiger partial charge in [0.1, 0.15) is 12.4 Å². The van der Waals surface area contributed by atoms with E-state index in [2.05, 4.69) is 5.32 Å². The first kappa shape index (κ1) is 20.4. The van der Waals surface area contributed by atoms with Crippen molar-refractivity contribution in [3.05, 3.63) is 60.2 Å². The van der Waals surface area contributed by atoms with Gasteiger partial charge in [-0.25, -0.2) is 8.42 Å². The van der Waals surface area contributed by atoms with Gasteiger partial charge in [-0.1, -0.05) is 30.3 Å². The fraction of sp³-hybridized carbons (Fsp3) is 0.368. The molecule has 26 heavy (non-hydrogen) atoms. The van der Waals surface area contributed by atoms with Crippen LogP contribution in [0.15, 0.2) is 59.5 Å². The summed E-state index contributed by atoms with van der Waals surface area (Å²) in [7, 11) is -3.29. The van der Waals surface area contributed by atoms with E-state index in [0.29, 0.717) is 12.2 Å². The zero-order valence-corrected chi connectivity index (χ0v) is 15.7. The predicted octanol–water partition coefficient (Wildman–Crippen LogP) is 1.54. The molecule has 0 radical (unpaired) electrons. The van der Waals surface area contributed by atoms with Crippen LogP contribution in [0, 0.1) is 0 Å². The molecule has 0 saturated carbocycles. The average molecular weight is 379 g/mol. The van der Waals surface area contributed by atoms with E-state index in [-0.39, 0.29) is 17.5 Å². The number of aliphatic hydroxyl groups is 2. The molecule has 0 aliphatic carbocycles. The van der Waals surface area contributed by atoms with Crippen molar-refractivity contribution >= 4 is 9.84 Å².